The molecule has 4 heteroatoms. The summed E-state index contributed by atoms with van der Waals surface area (Å²) in [6.07, 6.45) is 0.765. The first kappa shape index (κ1) is 15.3. The first-order valence-corrected chi connectivity index (χ1v) is 7.79. The van der Waals surface area contributed by atoms with Crippen LogP contribution in [0.3, 0.4) is 0 Å². The second-order valence-corrected chi connectivity index (χ2v) is 6.20. The van der Waals surface area contributed by atoms with E-state index in [1.54, 1.807) is 13.0 Å². The molecule has 22 heavy (non-hydrogen) atoms. The Morgan fingerprint density at radius 2 is 2.18 bits per heavy atom. The van der Waals surface area contributed by atoms with Gasteiger partial charge in [0.15, 0.2) is 0 Å². The van der Waals surface area contributed by atoms with Gasteiger partial charge in [-0.15, -0.1) is 0 Å². The van der Waals surface area contributed by atoms with Gasteiger partial charge in [0.2, 0.25) is 0 Å². The minimum Gasteiger partial charge on any atom is -0.460 e. The van der Waals surface area contributed by atoms with E-state index in [-0.39, 0.29) is 11.9 Å². The van der Waals surface area contributed by atoms with Crippen molar-refractivity contribution in [3.63, 3.8) is 0 Å². The van der Waals surface area contributed by atoms with Crippen LogP contribution >= 0.6 is 0 Å². The highest BCUT2D eigenvalue weighted by Crippen LogP contribution is 2.28. The molecule has 3 nitrogen and oxygen atoms in total. The van der Waals surface area contributed by atoms with Crippen molar-refractivity contribution < 1.29 is 13.9 Å². The van der Waals surface area contributed by atoms with Crippen LogP contribution in [-0.2, 0) is 6.54 Å². The first-order chi connectivity index (χ1) is 10.5. The summed E-state index contributed by atoms with van der Waals surface area (Å²) in [5.41, 5.74) is 1.41. The number of hydrogen-bond acceptors (Lipinski definition) is 3. The SMILES string of the molecule is Cc1c(F)cccc1-c1ccc(CN2CCC(C(C)O)C2)o1. The average Bonchev–Trinajstić information content (AvgIpc) is 3.12. The predicted octanol–water partition coefficient (Wildman–Crippen LogP) is 3.60. The van der Waals surface area contributed by atoms with Crippen LogP contribution in [0, 0.1) is 18.7 Å². The van der Waals surface area contributed by atoms with Gasteiger partial charge in [0.25, 0.3) is 0 Å². The maximum Gasteiger partial charge on any atom is 0.134 e. The zero-order valence-electron chi connectivity index (χ0n) is 13.1. The maximum absolute atomic E-state index is 13.6. The zero-order valence-corrected chi connectivity index (χ0v) is 13.1. The van der Waals surface area contributed by atoms with Crippen molar-refractivity contribution in [3.05, 3.63) is 47.5 Å². The van der Waals surface area contributed by atoms with E-state index >= 15 is 0 Å². The maximum atomic E-state index is 13.6. The fourth-order valence-corrected chi connectivity index (χ4v) is 3.10. The molecule has 1 saturated heterocycles. The molecule has 1 aliphatic rings. The van der Waals surface area contributed by atoms with Crippen LogP contribution in [0.2, 0.25) is 0 Å². The Morgan fingerprint density at radius 3 is 2.91 bits per heavy atom. The zero-order chi connectivity index (χ0) is 15.7. The van der Waals surface area contributed by atoms with Gasteiger partial charge in [-0.25, -0.2) is 4.39 Å². The van der Waals surface area contributed by atoms with E-state index in [1.165, 1.54) is 6.07 Å². The number of aliphatic hydroxyl groups excluding tert-OH is 1. The number of aliphatic hydroxyl groups is 1. The van der Waals surface area contributed by atoms with E-state index in [0.29, 0.717) is 17.2 Å². The monoisotopic (exact) mass is 303 g/mol. The van der Waals surface area contributed by atoms with E-state index in [0.717, 1.165) is 37.4 Å². The molecular weight excluding hydrogens is 281 g/mol. The van der Waals surface area contributed by atoms with Crippen molar-refractivity contribution in [3.8, 4) is 11.3 Å². The number of rotatable bonds is 4. The number of hydrogen-bond donors (Lipinski definition) is 1. The third-order valence-electron chi connectivity index (χ3n) is 4.57. The van der Waals surface area contributed by atoms with Gasteiger partial charge < -0.3 is 9.52 Å². The molecule has 0 radical (unpaired) electrons. The minimum absolute atomic E-state index is 0.213. The quantitative estimate of drug-likeness (QED) is 0.937. The fraction of sp³-hybridized carbons (Fsp3) is 0.444. The molecule has 118 valence electrons. The fourth-order valence-electron chi connectivity index (χ4n) is 3.10. The van der Waals surface area contributed by atoms with Crippen molar-refractivity contribution in [1.82, 2.24) is 4.90 Å². The largest absolute Gasteiger partial charge is 0.460 e. The number of benzene rings is 1. The molecule has 1 aromatic heterocycles. The Balaban J connectivity index is 1.71. The molecule has 0 bridgehead atoms. The molecule has 1 aliphatic heterocycles. The highest BCUT2D eigenvalue weighted by Gasteiger charge is 2.26. The molecule has 3 rings (SSSR count). The molecule has 0 saturated carbocycles. The van der Waals surface area contributed by atoms with Gasteiger partial charge in [-0.1, -0.05) is 12.1 Å². The van der Waals surface area contributed by atoms with Gasteiger partial charge in [-0.2, -0.15) is 0 Å². The van der Waals surface area contributed by atoms with Crippen LogP contribution in [0.1, 0.15) is 24.7 Å². The molecule has 0 spiro atoms. The molecule has 1 fully saturated rings. The van der Waals surface area contributed by atoms with Crippen LogP contribution in [-0.4, -0.2) is 29.2 Å². The molecule has 0 aliphatic carbocycles. The third-order valence-corrected chi connectivity index (χ3v) is 4.57. The third kappa shape index (κ3) is 3.08. The first-order valence-electron chi connectivity index (χ1n) is 7.79. The Hall–Kier alpha value is -1.65. The van der Waals surface area contributed by atoms with Crippen LogP contribution in [0.25, 0.3) is 11.3 Å². The van der Waals surface area contributed by atoms with E-state index in [4.69, 9.17) is 4.42 Å². The standard InChI is InChI=1S/C18H22FNO2/c1-12-16(4-3-5-17(12)19)18-7-6-15(22-18)11-20-9-8-14(10-20)13(2)21/h3-7,13-14,21H,8-11H2,1-2H3. The lowest BCUT2D eigenvalue weighted by Gasteiger charge is -2.16. The second kappa shape index (κ2) is 6.23. The number of halogens is 1. The van der Waals surface area contributed by atoms with Gasteiger partial charge in [0, 0.05) is 12.1 Å². The molecule has 2 unspecified atom stereocenters. The van der Waals surface area contributed by atoms with Crippen molar-refractivity contribution in [2.45, 2.75) is 32.9 Å². The van der Waals surface area contributed by atoms with E-state index in [1.807, 2.05) is 25.1 Å². The lowest BCUT2D eigenvalue weighted by Crippen LogP contribution is -2.23. The van der Waals surface area contributed by atoms with Gasteiger partial charge in [-0.05, 0) is 56.5 Å². The second-order valence-electron chi connectivity index (χ2n) is 6.20. The van der Waals surface area contributed by atoms with Crippen LogP contribution < -0.4 is 0 Å². The summed E-state index contributed by atoms with van der Waals surface area (Å²) >= 11 is 0. The summed E-state index contributed by atoms with van der Waals surface area (Å²) in [5, 5.41) is 9.66. The predicted molar refractivity (Wildman–Crippen MR) is 83.9 cm³/mol. The highest BCUT2D eigenvalue weighted by molar-refractivity contribution is 5.62. The summed E-state index contributed by atoms with van der Waals surface area (Å²) in [7, 11) is 0. The van der Waals surface area contributed by atoms with Gasteiger partial charge in [0.05, 0.1) is 12.6 Å². The summed E-state index contributed by atoms with van der Waals surface area (Å²) in [5.74, 6) is 1.72. The van der Waals surface area contributed by atoms with Gasteiger partial charge in [-0.3, -0.25) is 4.90 Å². The minimum atomic E-state index is -0.257. The molecule has 1 N–H and O–H groups in total. The number of nitrogens with zero attached hydrogens (tertiary/aromatic N) is 1. The van der Waals surface area contributed by atoms with Crippen molar-refractivity contribution in [2.24, 2.45) is 5.92 Å². The smallest absolute Gasteiger partial charge is 0.134 e. The number of furan rings is 1. The lowest BCUT2D eigenvalue weighted by molar-refractivity contribution is 0.126. The van der Waals surface area contributed by atoms with Crippen LogP contribution in [0.5, 0.6) is 0 Å². The molecule has 1 aromatic carbocycles. The summed E-state index contributed by atoms with van der Waals surface area (Å²) in [4.78, 5) is 2.29. The highest BCUT2D eigenvalue weighted by atomic mass is 19.1. The Morgan fingerprint density at radius 1 is 1.36 bits per heavy atom. The Labute approximate surface area is 130 Å². The number of likely N-dealkylation sites (tertiary alicyclic amines) is 1. The Kier molecular flexibility index (Phi) is 4.32. The van der Waals surface area contributed by atoms with Crippen LogP contribution in [0.15, 0.2) is 34.7 Å². The molecular formula is C18H22FNO2. The normalized spacial score (nSPS) is 20.5. The summed E-state index contributed by atoms with van der Waals surface area (Å²) in [6.45, 7) is 6.22. The van der Waals surface area contributed by atoms with Crippen molar-refractivity contribution in [1.29, 1.82) is 0 Å². The Bertz CT molecular complexity index is 650. The summed E-state index contributed by atoms with van der Waals surface area (Å²) in [6, 6.07) is 8.89. The van der Waals surface area contributed by atoms with Gasteiger partial charge >= 0.3 is 0 Å². The van der Waals surface area contributed by atoms with E-state index in [2.05, 4.69) is 4.90 Å². The summed E-state index contributed by atoms with van der Waals surface area (Å²) < 4.78 is 19.5. The van der Waals surface area contributed by atoms with Gasteiger partial charge in [0.1, 0.15) is 17.3 Å². The average molecular weight is 303 g/mol. The van der Waals surface area contributed by atoms with E-state index < -0.39 is 0 Å². The van der Waals surface area contributed by atoms with E-state index in [9.17, 15) is 9.50 Å². The molecule has 2 aromatic rings. The topological polar surface area (TPSA) is 36.6 Å². The lowest BCUT2D eigenvalue weighted by atomic mass is 10.0. The molecule has 0 amide bonds. The van der Waals surface area contributed by atoms with Crippen molar-refractivity contribution in [2.75, 3.05) is 13.1 Å². The molecule has 2 atom stereocenters. The van der Waals surface area contributed by atoms with Crippen molar-refractivity contribution >= 4 is 0 Å². The molecule has 2 heterocycles. The van der Waals surface area contributed by atoms with Crippen LogP contribution in [0.4, 0.5) is 4.39 Å².